The number of halogens is 3. The molecule has 0 heterocycles. The first-order valence-corrected chi connectivity index (χ1v) is 9.64. The molecule has 0 fully saturated rings. The highest BCUT2D eigenvalue weighted by Gasteiger charge is 2.58. The van der Waals surface area contributed by atoms with Crippen molar-refractivity contribution in [3.63, 3.8) is 0 Å². The molecule has 0 saturated carbocycles. The van der Waals surface area contributed by atoms with Gasteiger partial charge in [0.25, 0.3) is 0 Å². The van der Waals surface area contributed by atoms with Crippen molar-refractivity contribution in [1.29, 1.82) is 0 Å². The Morgan fingerprint density at radius 1 is 0.452 bits per heavy atom. The predicted octanol–water partition coefficient (Wildman–Crippen LogP) is 6.66. The molecule has 0 aromatic heterocycles. The molecule has 0 aliphatic heterocycles. The van der Waals surface area contributed by atoms with E-state index in [4.69, 9.17) is 0 Å². The average molecular weight is 420 g/mol. The maximum atomic E-state index is 14.9. The summed E-state index contributed by atoms with van der Waals surface area (Å²) in [5, 5.41) is 19.3. The molecule has 0 amide bonds. The zero-order valence-corrected chi connectivity index (χ0v) is 16.3. The van der Waals surface area contributed by atoms with E-state index in [9.17, 15) is 23.4 Å². The topological polar surface area (TPSA) is 40.5 Å². The Labute approximate surface area is 177 Å². The van der Waals surface area contributed by atoms with Crippen LogP contribution in [0.2, 0.25) is 0 Å². The first kappa shape index (κ1) is 20.5. The first-order valence-electron chi connectivity index (χ1n) is 9.64. The molecule has 0 unspecified atom stereocenters. The Bertz CT molecular complexity index is 1100. The fourth-order valence-electron chi connectivity index (χ4n) is 3.96. The van der Waals surface area contributed by atoms with Crippen LogP contribution in [0.1, 0.15) is 16.7 Å². The van der Waals surface area contributed by atoms with E-state index < -0.39 is 11.6 Å². The van der Waals surface area contributed by atoms with Crippen LogP contribution < -0.4 is 0 Å². The lowest BCUT2D eigenvalue weighted by molar-refractivity contribution is -0.166. The van der Waals surface area contributed by atoms with Crippen molar-refractivity contribution in [2.45, 2.75) is 11.6 Å². The van der Waals surface area contributed by atoms with Gasteiger partial charge in [0.15, 0.2) is 0 Å². The number of hydrogen-bond donors (Lipinski definition) is 2. The first-order chi connectivity index (χ1) is 14.8. The van der Waals surface area contributed by atoms with Crippen molar-refractivity contribution in [3.05, 3.63) is 120 Å². The minimum absolute atomic E-state index is 0.0315. The molecule has 4 rings (SSSR count). The van der Waals surface area contributed by atoms with Gasteiger partial charge in [-0.05, 0) is 52.1 Å². The zero-order valence-electron chi connectivity index (χ0n) is 16.3. The van der Waals surface area contributed by atoms with Crippen molar-refractivity contribution in [3.8, 4) is 22.6 Å². The highest BCUT2D eigenvalue weighted by molar-refractivity contribution is 5.65. The third-order valence-corrected chi connectivity index (χ3v) is 5.45. The molecule has 2 N–H and O–H groups in total. The fraction of sp³-hybridized carbons (Fsp3) is 0.0769. The summed E-state index contributed by atoms with van der Waals surface area (Å²) in [5.74, 6) is -0.241. The molecular formula is C26H19F3O2. The standard InChI is InChI=1S/C26H19F3O2/c27-26(28,29)25(21-10-14-23(30)15-11-21,22-12-16-24(31)17-13-22)20-8-6-19(7-9-20)18-4-2-1-3-5-18/h1-17,30-31H. The molecule has 0 radical (unpaired) electrons. The zero-order chi connectivity index (χ0) is 22.1. The number of phenolic OH excluding ortho intramolecular Hbond substituents is 2. The van der Waals surface area contributed by atoms with Crippen LogP contribution in [-0.4, -0.2) is 16.4 Å². The second kappa shape index (κ2) is 7.84. The SMILES string of the molecule is Oc1ccc(C(c2ccc(O)cc2)(c2ccc(-c3ccccc3)cc2)C(F)(F)F)cc1. The van der Waals surface area contributed by atoms with Crippen LogP contribution in [0.4, 0.5) is 13.2 Å². The van der Waals surface area contributed by atoms with Gasteiger partial charge in [-0.1, -0.05) is 78.9 Å². The molecule has 2 nitrogen and oxygen atoms in total. The van der Waals surface area contributed by atoms with Gasteiger partial charge in [-0.2, -0.15) is 13.2 Å². The largest absolute Gasteiger partial charge is 0.508 e. The Balaban J connectivity index is 1.97. The fourth-order valence-corrected chi connectivity index (χ4v) is 3.96. The highest BCUT2D eigenvalue weighted by atomic mass is 19.4. The monoisotopic (exact) mass is 420 g/mol. The smallest absolute Gasteiger partial charge is 0.406 e. The number of phenols is 2. The Hall–Kier alpha value is -3.73. The van der Waals surface area contributed by atoms with E-state index in [2.05, 4.69) is 0 Å². The summed E-state index contributed by atoms with van der Waals surface area (Å²) in [5.41, 5.74) is -0.801. The summed E-state index contributed by atoms with van der Waals surface area (Å²) in [4.78, 5) is 0. The van der Waals surface area contributed by atoms with Crippen molar-refractivity contribution in [2.75, 3.05) is 0 Å². The van der Waals surface area contributed by atoms with E-state index in [-0.39, 0.29) is 28.2 Å². The number of alkyl halides is 3. The van der Waals surface area contributed by atoms with Gasteiger partial charge in [-0.3, -0.25) is 0 Å². The van der Waals surface area contributed by atoms with Crippen LogP contribution >= 0.6 is 0 Å². The van der Waals surface area contributed by atoms with Crippen molar-refractivity contribution < 1.29 is 23.4 Å². The van der Waals surface area contributed by atoms with Gasteiger partial charge in [0, 0.05) is 0 Å². The second-order valence-electron chi connectivity index (χ2n) is 7.28. The maximum absolute atomic E-state index is 14.9. The molecule has 0 atom stereocenters. The minimum Gasteiger partial charge on any atom is -0.508 e. The summed E-state index contributed by atoms with van der Waals surface area (Å²) in [6.07, 6.45) is -4.70. The quantitative estimate of drug-likeness (QED) is 0.362. The van der Waals surface area contributed by atoms with Crippen LogP contribution in [0.5, 0.6) is 11.5 Å². The summed E-state index contributed by atoms with van der Waals surface area (Å²) >= 11 is 0. The van der Waals surface area contributed by atoms with E-state index in [1.54, 1.807) is 12.1 Å². The van der Waals surface area contributed by atoms with Crippen LogP contribution in [0.15, 0.2) is 103 Å². The van der Waals surface area contributed by atoms with Gasteiger partial charge in [0.1, 0.15) is 16.9 Å². The lowest BCUT2D eigenvalue weighted by Crippen LogP contribution is -2.44. The molecule has 0 saturated heterocycles. The van der Waals surface area contributed by atoms with Crippen LogP contribution in [0.3, 0.4) is 0 Å². The summed E-state index contributed by atoms with van der Waals surface area (Å²) in [7, 11) is 0. The summed E-state index contributed by atoms with van der Waals surface area (Å²) < 4.78 is 44.8. The van der Waals surface area contributed by atoms with Crippen LogP contribution in [-0.2, 0) is 5.41 Å². The Morgan fingerprint density at radius 2 is 0.806 bits per heavy atom. The van der Waals surface area contributed by atoms with E-state index >= 15 is 0 Å². The average Bonchev–Trinajstić information content (AvgIpc) is 2.77. The van der Waals surface area contributed by atoms with Crippen molar-refractivity contribution in [1.82, 2.24) is 0 Å². The Morgan fingerprint density at radius 3 is 1.19 bits per heavy atom. The van der Waals surface area contributed by atoms with Crippen molar-refractivity contribution in [2.24, 2.45) is 0 Å². The maximum Gasteiger partial charge on any atom is 0.406 e. The molecule has 0 spiro atoms. The van der Waals surface area contributed by atoms with Gasteiger partial charge < -0.3 is 10.2 Å². The van der Waals surface area contributed by atoms with E-state index in [1.165, 1.54) is 60.7 Å². The molecule has 0 bridgehead atoms. The van der Waals surface area contributed by atoms with E-state index in [0.29, 0.717) is 0 Å². The molecule has 0 aliphatic rings. The second-order valence-corrected chi connectivity index (χ2v) is 7.28. The third-order valence-electron chi connectivity index (χ3n) is 5.45. The lowest BCUT2D eigenvalue weighted by atomic mass is 9.68. The number of hydrogen-bond acceptors (Lipinski definition) is 2. The Kier molecular flexibility index (Phi) is 5.19. The molecule has 4 aromatic rings. The summed E-state index contributed by atoms with van der Waals surface area (Å²) in [6.45, 7) is 0. The van der Waals surface area contributed by atoms with E-state index in [1.807, 2.05) is 30.3 Å². The van der Waals surface area contributed by atoms with Gasteiger partial charge in [0.2, 0.25) is 0 Å². The molecule has 31 heavy (non-hydrogen) atoms. The molecule has 0 aliphatic carbocycles. The van der Waals surface area contributed by atoms with Crippen LogP contribution in [0.25, 0.3) is 11.1 Å². The minimum atomic E-state index is -4.70. The van der Waals surface area contributed by atoms with Crippen molar-refractivity contribution >= 4 is 0 Å². The molecule has 4 aromatic carbocycles. The molecule has 156 valence electrons. The van der Waals surface area contributed by atoms with E-state index in [0.717, 1.165) is 11.1 Å². The number of rotatable bonds is 4. The van der Waals surface area contributed by atoms with Crippen LogP contribution in [0, 0.1) is 0 Å². The van der Waals surface area contributed by atoms with Gasteiger partial charge >= 0.3 is 6.18 Å². The lowest BCUT2D eigenvalue weighted by Gasteiger charge is -2.37. The normalized spacial score (nSPS) is 12.0. The predicted molar refractivity (Wildman–Crippen MR) is 114 cm³/mol. The molecular weight excluding hydrogens is 401 g/mol. The van der Waals surface area contributed by atoms with Gasteiger partial charge in [0.05, 0.1) is 0 Å². The number of aromatic hydroxyl groups is 2. The van der Waals surface area contributed by atoms with Gasteiger partial charge in [-0.15, -0.1) is 0 Å². The summed E-state index contributed by atoms with van der Waals surface area (Å²) in [6, 6.07) is 25.8. The highest BCUT2D eigenvalue weighted by Crippen LogP contribution is 2.51. The third kappa shape index (κ3) is 3.63. The molecule has 5 heteroatoms. The number of benzene rings is 4. The van der Waals surface area contributed by atoms with Gasteiger partial charge in [-0.25, -0.2) is 0 Å².